The van der Waals surface area contributed by atoms with Crippen LogP contribution in [0.4, 0.5) is 0 Å². The predicted octanol–water partition coefficient (Wildman–Crippen LogP) is 4.39. The zero-order valence-electron chi connectivity index (χ0n) is 14.3. The van der Waals surface area contributed by atoms with E-state index in [2.05, 4.69) is 0 Å². The number of aryl methyl sites for hydroxylation is 1. The Labute approximate surface area is 151 Å². The van der Waals surface area contributed by atoms with Gasteiger partial charge in [-0.2, -0.15) is 0 Å². The van der Waals surface area contributed by atoms with Crippen molar-refractivity contribution in [3.63, 3.8) is 0 Å². The number of hydroxylamine groups is 2. The van der Waals surface area contributed by atoms with E-state index in [1.54, 1.807) is 12.1 Å². The summed E-state index contributed by atoms with van der Waals surface area (Å²) in [6.45, 7) is 2.18. The van der Waals surface area contributed by atoms with E-state index in [0.717, 1.165) is 27.3 Å². The zero-order chi connectivity index (χ0) is 18.1. The van der Waals surface area contributed by atoms with Gasteiger partial charge >= 0.3 is 0 Å². The molecule has 0 fully saturated rings. The molecule has 4 heteroatoms. The van der Waals surface area contributed by atoms with E-state index in [0.29, 0.717) is 11.1 Å². The molecule has 0 aromatic heterocycles. The van der Waals surface area contributed by atoms with Crippen LogP contribution in [0.15, 0.2) is 72.8 Å². The number of nitrogens with zero attached hydrogens (tertiary/aromatic N) is 1. The van der Waals surface area contributed by atoms with E-state index in [-0.39, 0.29) is 6.61 Å². The molecule has 1 aliphatic heterocycles. The maximum Gasteiger partial charge on any atom is 0.285 e. The van der Waals surface area contributed by atoms with E-state index in [4.69, 9.17) is 4.84 Å². The lowest BCUT2D eigenvalue weighted by molar-refractivity contribution is -0.101. The number of carbonyl (C=O) groups excluding carboxylic acids is 2. The molecule has 0 N–H and O–H groups in total. The molecule has 2 amide bonds. The van der Waals surface area contributed by atoms with Gasteiger partial charge in [-0.05, 0) is 35.7 Å². The van der Waals surface area contributed by atoms with Crippen LogP contribution < -0.4 is 0 Å². The molecule has 0 spiro atoms. The third-order valence-corrected chi connectivity index (χ3v) is 4.40. The van der Waals surface area contributed by atoms with Crippen LogP contribution in [0.3, 0.4) is 0 Å². The second-order valence-corrected chi connectivity index (χ2v) is 6.29. The van der Waals surface area contributed by atoms with Gasteiger partial charge in [0.15, 0.2) is 0 Å². The Balaban J connectivity index is 1.60. The molecule has 3 aromatic rings. The van der Waals surface area contributed by atoms with Crippen LogP contribution in [0.2, 0.25) is 0 Å². The quantitative estimate of drug-likeness (QED) is 0.660. The summed E-state index contributed by atoms with van der Waals surface area (Å²) in [6.07, 6.45) is 0. The second-order valence-electron chi connectivity index (χ2n) is 6.29. The summed E-state index contributed by atoms with van der Waals surface area (Å²) >= 11 is 0. The Kier molecular flexibility index (Phi) is 4.11. The highest BCUT2D eigenvalue weighted by atomic mass is 16.7. The monoisotopic (exact) mass is 343 g/mol. The van der Waals surface area contributed by atoms with Crippen LogP contribution in [0, 0.1) is 6.92 Å². The molecule has 1 heterocycles. The molecule has 0 radical (unpaired) electrons. The van der Waals surface area contributed by atoms with Crippen molar-refractivity contribution in [3.8, 4) is 11.1 Å². The number of hydrogen-bond donors (Lipinski definition) is 0. The third kappa shape index (κ3) is 2.91. The second kappa shape index (κ2) is 6.58. The minimum Gasteiger partial charge on any atom is -0.266 e. The topological polar surface area (TPSA) is 46.6 Å². The molecule has 3 aromatic carbocycles. The molecule has 0 unspecified atom stereocenters. The summed E-state index contributed by atoms with van der Waals surface area (Å²) in [5.41, 5.74) is 4.69. The molecule has 4 rings (SSSR count). The SMILES string of the molecule is Cc1cccc(-c2ccc3c(c2)C(=O)N(OCc2ccccc2)C3=O)c1. The third-order valence-electron chi connectivity index (χ3n) is 4.40. The summed E-state index contributed by atoms with van der Waals surface area (Å²) in [7, 11) is 0. The first-order valence-corrected chi connectivity index (χ1v) is 8.40. The molecule has 0 atom stereocenters. The van der Waals surface area contributed by atoms with Crippen molar-refractivity contribution >= 4 is 11.8 Å². The molecule has 128 valence electrons. The highest BCUT2D eigenvalue weighted by Gasteiger charge is 2.37. The maximum absolute atomic E-state index is 12.7. The van der Waals surface area contributed by atoms with Gasteiger partial charge in [0.2, 0.25) is 0 Å². The normalized spacial score (nSPS) is 13.2. The van der Waals surface area contributed by atoms with Gasteiger partial charge in [-0.1, -0.05) is 66.2 Å². The molecule has 0 bridgehead atoms. The number of carbonyl (C=O) groups is 2. The molecule has 0 aliphatic carbocycles. The average Bonchev–Trinajstić information content (AvgIpc) is 2.91. The van der Waals surface area contributed by atoms with E-state index < -0.39 is 11.8 Å². The summed E-state index contributed by atoms with van der Waals surface area (Å²) < 4.78 is 0. The molecular formula is C22H17NO3. The summed E-state index contributed by atoms with van der Waals surface area (Å²) in [4.78, 5) is 30.7. The number of amides is 2. The standard InChI is InChI=1S/C22H17NO3/c1-15-6-5-9-17(12-15)18-10-11-19-20(13-18)22(25)23(21(19)24)26-14-16-7-3-2-4-8-16/h2-13H,14H2,1H3. The van der Waals surface area contributed by atoms with Gasteiger partial charge in [0, 0.05) is 0 Å². The zero-order valence-corrected chi connectivity index (χ0v) is 14.3. The fourth-order valence-electron chi connectivity index (χ4n) is 3.05. The lowest BCUT2D eigenvalue weighted by Crippen LogP contribution is -2.29. The number of imide groups is 1. The van der Waals surface area contributed by atoms with Crippen molar-refractivity contribution in [1.29, 1.82) is 0 Å². The first-order chi connectivity index (χ1) is 12.6. The highest BCUT2D eigenvalue weighted by Crippen LogP contribution is 2.29. The summed E-state index contributed by atoms with van der Waals surface area (Å²) in [5, 5.41) is 0.859. The molecule has 4 nitrogen and oxygen atoms in total. The minimum absolute atomic E-state index is 0.164. The van der Waals surface area contributed by atoms with Gasteiger partial charge in [0.1, 0.15) is 6.61 Å². The minimum atomic E-state index is -0.421. The van der Waals surface area contributed by atoms with E-state index >= 15 is 0 Å². The molecule has 0 saturated carbocycles. The average molecular weight is 343 g/mol. The molecule has 1 aliphatic rings. The maximum atomic E-state index is 12.7. The molecule has 26 heavy (non-hydrogen) atoms. The summed E-state index contributed by atoms with van der Waals surface area (Å²) in [5.74, 6) is -0.841. The highest BCUT2D eigenvalue weighted by molar-refractivity contribution is 6.21. The van der Waals surface area contributed by atoms with Crippen LogP contribution >= 0.6 is 0 Å². The van der Waals surface area contributed by atoms with Gasteiger partial charge in [-0.15, -0.1) is 5.06 Å². The Morgan fingerprint density at radius 1 is 0.769 bits per heavy atom. The van der Waals surface area contributed by atoms with Crippen molar-refractivity contribution in [2.24, 2.45) is 0 Å². The van der Waals surface area contributed by atoms with Crippen LogP contribution in [0.25, 0.3) is 11.1 Å². The van der Waals surface area contributed by atoms with Crippen LogP contribution in [0.5, 0.6) is 0 Å². The smallest absolute Gasteiger partial charge is 0.266 e. The van der Waals surface area contributed by atoms with E-state index in [9.17, 15) is 9.59 Å². The van der Waals surface area contributed by atoms with E-state index in [1.807, 2.05) is 67.6 Å². The van der Waals surface area contributed by atoms with Gasteiger partial charge in [-0.25, -0.2) is 0 Å². The van der Waals surface area contributed by atoms with Crippen molar-refractivity contribution < 1.29 is 14.4 Å². The van der Waals surface area contributed by atoms with Crippen molar-refractivity contribution in [2.45, 2.75) is 13.5 Å². The fraction of sp³-hybridized carbons (Fsp3) is 0.0909. The number of benzene rings is 3. The first kappa shape index (κ1) is 16.2. The molecule has 0 saturated heterocycles. The number of hydrogen-bond acceptors (Lipinski definition) is 3. The van der Waals surface area contributed by atoms with Gasteiger partial charge in [0.05, 0.1) is 11.1 Å². The number of rotatable bonds is 4. The van der Waals surface area contributed by atoms with Crippen LogP contribution in [0.1, 0.15) is 31.8 Å². The first-order valence-electron chi connectivity index (χ1n) is 8.40. The lowest BCUT2D eigenvalue weighted by Gasteiger charge is -2.13. The Hall–Kier alpha value is -3.24. The van der Waals surface area contributed by atoms with Gasteiger partial charge in [0.25, 0.3) is 11.8 Å². The van der Waals surface area contributed by atoms with Crippen LogP contribution in [-0.4, -0.2) is 16.9 Å². The fourth-order valence-corrected chi connectivity index (χ4v) is 3.05. The van der Waals surface area contributed by atoms with Crippen LogP contribution in [-0.2, 0) is 11.4 Å². The van der Waals surface area contributed by atoms with Crippen molar-refractivity contribution in [1.82, 2.24) is 5.06 Å². The Morgan fingerprint density at radius 2 is 1.50 bits per heavy atom. The number of fused-ring (bicyclic) bond motifs is 1. The predicted molar refractivity (Wildman–Crippen MR) is 98.3 cm³/mol. The van der Waals surface area contributed by atoms with E-state index in [1.165, 1.54) is 0 Å². The molecular weight excluding hydrogens is 326 g/mol. The van der Waals surface area contributed by atoms with Crippen molar-refractivity contribution in [2.75, 3.05) is 0 Å². The van der Waals surface area contributed by atoms with Gasteiger partial charge in [-0.3, -0.25) is 14.4 Å². The van der Waals surface area contributed by atoms with Crippen molar-refractivity contribution in [3.05, 3.63) is 95.1 Å². The Morgan fingerprint density at radius 3 is 2.27 bits per heavy atom. The van der Waals surface area contributed by atoms with Gasteiger partial charge < -0.3 is 0 Å². The Bertz CT molecular complexity index is 995. The largest absolute Gasteiger partial charge is 0.285 e. The summed E-state index contributed by atoms with van der Waals surface area (Å²) in [6, 6.07) is 22.8. The lowest BCUT2D eigenvalue weighted by atomic mass is 9.99.